The maximum Gasteiger partial charge on any atom is 0.269 e. The molecule has 0 unspecified atom stereocenters. The molecule has 1 aromatic heterocycles. The predicted molar refractivity (Wildman–Crippen MR) is 168 cm³/mol. The fourth-order valence-corrected chi connectivity index (χ4v) is 5.08. The molecule has 4 aromatic carbocycles. The van der Waals surface area contributed by atoms with Gasteiger partial charge < -0.3 is 4.57 Å². The van der Waals surface area contributed by atoms with Crippen LogP contribution in [0.15, 0.2) is 84.9 Å². The van der Waals surface area contributed by atoms with Crippen LogP contribution in [0.1, 0.15) is 54.9 Å². The van der Waals surface area contributed by atoms with Crippen LogP contribution in [0.25, 0.3) is 46.1 Å². The molecule has 206 valence electrons. The molecule has 0 bridgehead atoms. The first kappa shape index (κ1) is 27.5. The van der Waals surface area contributed by atoms with Crippen LogP contribution in [0, 0.1) is 20.2 Å². The van der Waals surface area contributed by atoms with Crippen LogP contribution in [-0.2, 0) is 6.54 Å². The maximum absolute atomic E-state index is 11.0. The minimum atomic E-state index is -0.394. The van der Waals surface area contributed by atoms with Crippen molar-refractivity contribution in [3.8, 4) is 0 Å². The summed E-state index contributed by atoms with van der Waals surface area (Å²) in [6, 6.07) is 26.0. The second-order valence-corrected chi connectivity index (χ2v) is 10.1. The monoisotopic (exact) mass is 545 g/mol. The Labute approximate surface area is 238 Å². The van der Waals surface area contributed by atoms with Crippen molar-refractivity contribution in [2.75, 3.05) is 0 Å². The number of rotatable bonds is 11. The minimum absolute atomic E-state index is 0.0775. The third kappa shape index (κ3) is 6.41. The summed E-state index contributed by atoms with van der Waals surface area (Å²) in [4.78, 5) is 21.1. The highest BCUT2D eigenvalue weighted by atomic mass is 16.6. The van der Waals surface area contributed by atoms with Gasteiger partial charge in [-0.05, 0) is 77.2 Å². The van der Waals surface area contributed by atoms with Gasteiger partial charge in [0.2, 0.25) is 0 Å². The number of nitrogens with zero attached hydrogens (tertiary/aromatic N) is 3. The van der Waals surface area contributed by atoms with Crippen molar-refractivity contribution in [3.63, 3.8) is 0 Å². The molecule has 41 heavy (non-hydrogen) atoms. The second kappa shape index (κ2) is 12.4. The molecular weight excluding hydrogens is 514 g/mol. The van der Waals surface area contributed by atoms with Crippen LogP contribution < -0.4 is 0 Å². The third-order valence-corrected chi connectivity index (χ3v) is 7.29. The predicted octanol–water partition coefficient (Wildman–Crippen LogP) is 9.53. The van der Waals surface area contributed by atoms with Gasteiger partial charge in [0, 0.05) is 52.6 Å². The van der Waals surface area contributed by atoms with Crippen LogP contribution in [0.4, 0.5) is 11.4 Å². The highest BCUT2D eigenvalue weighted by molar-refractivity contribution is 6.09. The van der Waals surface area contributed by atoms with Gasteiger partial charge >= 0.3 is 0 Å². The van der Waals surface area contributed by atoms with E-state index in [9.17, 15) is 20.2 Å². The Morgan fingerprint density at radius 3 is 1.41 bits per heavy atom. The SMILES string of the molecule is CCCCCCn1c2ccc(/C=C/c3ccc([N+](=O)[O-])cc3)cc2c2cc(/C=C/c3ccc([N+](=O)[O-])cc3)ccc21. The standard InChI is InChI=1S/C34H31N3O4/c1-2-3-4-5-22-35-33-20-14-27(8-6-25-10-16-29(17-11-25)36(38)39)23-31(33)32-24-28(15-21-34(32)35)9-7-26-12-18-30(19-13-26)37(40)41/h6-21,23-24H,2-5,22H2,1H3/b8-6+,9-7+. The minimum Gasteiger partial charge on any atom is -0.340 e. The Morgan fingerprint density at radius 1 is 0.585 bits per heavy atom. The molecule has 7 nitrogen and oxygen atoms in total. The Hall–Kier alpha value is -5.04. The van der Waals surface area contributed by atoms with Gasteiger partial charge in [0.1, 0.15) is 0 Å². The fourth-order valence-electron chi connectivity index (χ4n) is 5.08. The van der Waals surface area contributed by atoms with Crippen molar-refractivity contribution < 1.29 is 9.85 Å². The Morgan fingerprint density at radius 2 is 1.00 bits per heavy atom. The van der Waals surface area contributed by atoms with Gasteiger partial charge in [0.05, 0.1) is 9.85 Å². The molecule has 0 spiro atoms. The van der Waals surface area contributed by atoms with E-state index in [0.717, 1.165) is 35.2 Å². The molecule has 0 atom stereocenters. The number of aryl methyl sites for hydroxylation is 1. The molecule has 0 saturated heterocycles. The number of benzene rings is 4. The van der Waals surface area contributed by atoms with Crippen LogP contribution in [0.5, 0.6) is 0 Å². The summed E-state index contributed by atoms with van der Waals surface area (Å²) >= 11 is 0. The Bertz CT molecular complexity index is 1640. The van der Waals surface area contributed by atoms with Gasteiger partial charge in [-0.1, -0.05) is 62.6 Å². The number of nitro benzene ring substituents is 2. The van der Waals surface area contributed by atoms with Crippen molar-refractivity contribution in [1.29, 1.82) is 0 Å². The van der Waals surface area contributed by atoms with E-state index in [-0.39, 0.29) is 11.4 Å². The zero-order valence-electron chi connectivity index (χ0n) is 22.9. The summed E-state index contributed by atoms with van der Waals surface area (Å²) in [7, 11) is 0. The number of nitro groups is 2. The topological polar surface area (TPSA) is 91.2 Å². The van der Waals surface area contributed by atoms with Gasteiger partial charge in [0.25, 0.3) is 11.4 Å². The maximum atomic E-state index is 11.0. The van der Waals surface area contributed by atoms with Gasteiger partial charge in [-0.3, -0.25) is 20.2 Å². The first-order chi connectivity index (χ1) is 19.9. The van der Waals surface area contributed by atoms with Crippen LogP contribution >= 0.6 is 0 Å². The number of hydrogen-bond acceptors (Lipinski definition) is 4. The van der Waals surface area contributed by atoms with E-state index in [4.69, 9.17) is 0 Å². The van der Waals surface area contributed by atoms with Gasteiger partial charge in [-0.25, -0.2) is 0 Å². The molecule has 0 aliphatic rings. The zero-order chi connectivity index (χ0) is 28.8. The third-order valence-electron chi connectivity index (χ3n) is 7.29. The van der Waals surface area contributed by atoms with E-state index < -0.39 is 9.85 Å². The lowest BCUT2D eigenvalue weighted by Gasteiger charge is -2.07. The van der Waals surface area contributed by atoms with Crippen molar-refractivity contribution in [3.05, 3.63) is 127 Å². The molecule has 1 heterocycles. The van der Waals surface area contributed by atoms with Crippen LogP contribution in [0.3, 0.4) is 0 Å². The Balaban J connectivity index is 1.49. The van der Waals surface area contributed by atoms with Crippen molar-refractivity contribution >= 4 is 57.5 Å². The molecule has 0 radical (unpaired) electrons. The van der Waals surface area contributed by atoms with Crippen LogP contribution in [-0.4, -0.2) is 14.4 Å². The normalized spacial score (nSPS) is 11.7. The average molecular weight is 546 g/mol. The smallest absolute Gasteiger partial charge is 0.269 e. The van der Waals surface area contributed by atoms with Crippen molar-refractivity contribution in [1.82, 2.24) is 4.57 Å². The fraction of sp³-hybridized carbons (Fsp3) is 0.176. The van der Waals surface area contributed by atoms with Gasteiger partial charge in [0.15, 0.2) is 0 Å². The van der Waals surface area contributed by atoms with Crippen molar-refractivity contribution in [2.24, 2.45) is 0 Å². The van der Waals surface area contributed by atoms with E-state index in [1.165, 1.54) is 65.3 Å². The zero-order valence-corrected chi connectivity index (χ0v) is 22.9. The molecular formula is C34H31N3O4. The van der Waals surface area contributed by atoms with E-state index in [2.05, 4.69) is 47.9 Å². The molecule has 0 aliphatic heterocycles. The summed E-state index contributed by atoms with van der Waals surface area (Å²) in [5.74, 6) is 0. The average Bonchev–Trinajstić information content (AvgIpc) is 3.29. The van der Waals surface area contributed by atoms with Gasteiger partial charge in [-0.15, -0.1) is 0 Å². The Kier molecular flexibility index (Phi) is 8.34. The molecule has 0 N–H and O–H groups in total. The summed E-state index contributed by atoms with van der Waals surface area (Å²) in [6.07, 6.45) is 12.7. The molecule has 0 saturated carbocycles. The lowest BCUT2D eigenvalue weighted by atomic mass is 10.1. The lowest BCUT2D eigenvalue weighted by Crippen LogP contribution is -1.97. The summed E-state index contributed by atoms with van der Waals surface area (Å²) in [5.41, 5.74) is 6.43. The highest BCUT2D eigenvalue weighted by Crippen LogP contribution is 2.32. The van der Waals surface area contributed by atoms with Crippen molar-refractivity contribution in [2.45, 2.75) is 39.2 Å². The lowest BCUT2D eigenvalue weighted by molar-refractivity contribution is -0.385. The number of aromatic nitrogens is 1. The second-order valence-electron chi connectivity index (χ2n) is 10.1. The van der Waals surface area contributed by atoms with E-state index in [1.54, 1.807) is 24.3 Å². The first-order valence-electron chi connectivity index (χ1n) is 13.8. The number of hydrogen-bond donors (Lipinski definition) is 0. The summed E-state index contributed by atoms with van der Waals surface area (Å²) < 4.78 is 2.41. The largest absolute Gasteiger partial charge is 0.340 e. The molecule has 5 aromatic rings. The van der Waals surface area contributed by atoms with Gasteiger partial charge in [-0.2, -0.15) is 0 Å². The quantitative estimate of drug-likeness (QED) is 0.0715. The first-order valence-corrected chi connectivity index (χ1v) is 13.8. The van der Waals surface area contributed by atoms with E-state index in [0.29, 0.717) is 0 Å². The highest BCUT2D eigenvalue weighted by Gasteiger charge is 2.12. The van der Waals surface area contributed by atoms with E-state index >= 15 is 0 Å². The van der Waals surface area contributed by atoms with Crippen LogP contribution in [0.2, 0.25) is 0 Å². The number of unbranched alkanes of at least 4 members (excludes halogenated alkanes) is 3. The summed E-state index contributed by atoms with van der Waals surface area (Å²) in [6.45, 7) is 3.17. The number of non-ortho nitro benzene ring substituents is 2. The molecule has 5 rings (SSSR count). The molecule has 7 heteroatoms. The molecule has 0 fully saturated rings. The molecule has 0 amide bonds. The summed E-state index contributed by atoms with van der Waals surface area (Å²) in [5, 5.41) is 24.3. The molecule has 0 aliphatic carbocycles. The number of fused-ring (bicyclic) bond motifs is 3. The van der Waals surface area contributed by atoms with E-state index in [1.807, 2.05) is 24.3 Å².